The third kappa shape index (κ3) is 5.15. The number of aromatic nitrogens is 5. The van der Waals surface area contributed by atoms with E-state index < -0.39 is 18.4 Å². The topological polar surface area (TPSA) is 99.7 Å². The van der Waals surface area contributed by atoms with Crippen LogP contribution in [0.5, 0.6) is 0 Å². The van der Waals surface area contributed by atoms with Crippen LogP contribution in [-0.4, -0.2) is 50.1 Å². The highest BCUT2D eigenvalue weighted by Crippen LogP contribution is 2.30. The van der Waals surface area contributed by atoms with Crippen LogP contribution in [0.2, 0.25) is 0 Å². The van der Waals surface area contributed by atoms with E-state index in [9.17, 15) is 13.6 Å². The molecule has 1 aliphatic heterocycles. The zero-order valence-electron chi connectivity index (χ0n) is 16.7. The maximum atomic E-state index is 13.8. The molecular formula is C19H23F2N7OS. The molecule has 0 radical (unpaired) electrons. The van der Waals surface area contributed by atoms with Crippen molar-refractivity contribution in [2.24, 2.45) is 0 Å². The van der Waals surface area contributed by atoms with E-state index in [1.165, 1.54) is 28.6 Å². The molecule has 4 heterocycles. The number of H-pyrrole nitrogens is 1. The third-order valence-electron chi connectivity index (χ3n) is 4.28. The summed E-state index contributed by atoms with van der Waals surface area (Å²) in [5.74, 6) is -2.12. The number of carbonyl (C=O) groups is 1. The van der Waals surface area contributed by atoms with E-state index in [1.807, 2.05) is 31.4 Å². The first-order chi connectivity index (χ1) is 14.5. The minimum absolute atomic E-state index is 0.0122. The number of rotatable bonds is 5. The van der Waals surface area contributed by atoms with Crippen molar-refractivity contribution in [3.05, 3.63) is 41.4 Å². The molecule has 1 fully saturated rings. The molecule has 3 aromatic rings. The monoisotopic (exact) mass is 435 g/mol. The second-order valence-corrected chi connectivity index (χ2v) is 7.32. The van der Waals surface area contributed by atoms with E-state index in [0.29, 0.717) is 24.6 Å². The van der Waals surface area contributed by atoms with Gasteiger partial charge >= 0.3 is 0 Å². The lowest BCUT2D eigenvalue weighted by molar-refractivity contribution is -0.0119. The summed E-state index contributed by atoms with van der Waals surface area (Å²) in [6.07, 6.45) is 2.92. The lowest BCUT2D eigenvalue weighted by atomic mass is 10.1. The zero-order chi connectivity index (χ0) is 21.6. The molecule has 4 rings (SSSR count). The predicted molar refractivity (Wildman–Crippen MR) is 111 cm³/mol. The Bertz CT molecular complexity index is 961. The van der Waals surface area contributed by atoms with E-state index in [4.69, 9.17) is 0 Å². The van der Waals surface area contributed by atoms with Crippen molar-refractivity contribution in [2.75, 3.05) is 18.0 Å². The van der Waals surface area contributed by atoms with Crippen molar-refractivity contribution in [1.29, 1.82) is 0 Å². The Balaban J connectivity index is 0.00000124. The first kappa shape index (κ1) is 21.8. The Morgan fingerprint density at radius 1 is 1.33 bits per heavy atom. The number of carbonyl (C=O) groups excluding carboxylic acids is 1. The Morgan fingerprint density at radius 3 is 2.87 bits per heavy atom. The van der Waals surface area contributed by atoms with Crippen LogP contribution in [0.25, 0.3) is 10.7 Å². The van der Waals surface area contributed by atoms with Gasteiger partial charge in [-0.1, -0.05) is 19.9 Å². The van der Waals surface area contributed by atoms with E-state index in [0.717, 1.165) is 4.88 Å². The number of piperidine rings is 1. The van der Waals surface area contributed by atoms with Gasteiger partial charge in [-0.05, 0) is 17.9 Å². The van der Waals surface area contributed by atoms with Crippen LogP contribution in [0.1, 0.15) is 43.0 Å². The molecule has 160 valence electrons. The van der Waals surface area contributed by atoms with Gasteiger partial charge in [-0.2, -0.15) is 5.10 Å². The minimum Gasteiger partial charge on any atom is -0.349 e. The number of alkyl halides is 2. The summed E-state index contributed by atoms with van der Waals surface area (Å²) < 4.78 is 27.5. The molecule has 11 heteroatoms. The van der Waals surface area contributed by atoms with Gasteiger partial charge < -0.3 is 10.2 Å². The van der Waals surface area contributed by atoms with Crippen molar-refractivity contribution in [3.63, 3.8) is 0 Å². The predicted octanol–water partition coefficient (Wildman–Crippen LogP) is 3.51. The molecule has 0 atom stereocenters. The zero-order valence-corrected chi connectivity index (χ0v) is 17.5. The Hall–Kier alpha value is -2.95. The van der Waals surface area contributed by atoms with Crippen LogP contribution in [0.15, 0.2) is 29.9 Å². The lowest BCUT2D eigenvalue weighted by Crippen LogP contribution is -2.44. The third-order valence-corrected chi connectivity index (χ3v) is 5.14. The molecule has 1 amide bonds. The fraction of sp³-hybridized carbons (Fsp3) is 0.421. The smallest absolute Gasteiger partial charge is 0.274 e. The molecule has 30 heavy (non-hydrogen) atoms. The summed E-state index contributed by atoms with van der Waals surface area (Å²) >= 11 is 1.51. The van der Waals surface area contributed by atoms with Crippen LogP contribution < -0.4 is 10.2 Å². The van der Waals surface area contributed by atoms with Gasteiger partial charge in [0.05, 0.1) is 18.0 Å². The molecule has 0 unspecified atom stereocenters. The van der Waals surface area contributed by atoms with Crippen LogP contribution >= 0.6 is 11.3 Å². The van der Waals surface area contributed by atoms with E-state index in [2.05, 4.69) is 30.5 Å². The summed E-state index contributed by atoms with van der Waals surface area (Å²) in [6, 6.07) is 3.80. The summed E-state index contributed by atoms with van der Waals surface area (Å²) in [7, 11) is 0. The fourth-order valence-corrected chi connectivity index (χ4v) is 3.66. The number of hydrogen-bond acceptors (Lipinski definition) is 7. The van der Waals surface area contributed by atoms with Crippen LogP contribution in [-0.2, 0) is 6.54 Å². The second-order valence-electron chi connectivity index (χ2n) is 6.38. The van der Waals surface area contributed by atoms with Crippen molar-refractivity contribution in [2.45, 2.75) is 39.2 Å². The molecule has 0 spiro atoms. The molecule has 1 saturated heterocycles. The maximum Gasteiger partial charge on any atom is 0.274 e. The van der Waals surface area contributed by atoms with E-state index in [-0.39, 0.29) is 24.5 Å². The number of aromatic amines is 1. The molecule has 2 N–H and O–H groups in total. The Morgan fingerprint density at radius 2 is 2.13 bits per heavy atom. The largest absolute Gasteiger partial charge is 0.349 e. The SMILES string of the molecule is CC.O=C(NCc1nc(-c2cccs2)n[nH]1)c1nccnc1N1CCCC(F)(F)C1. The van der Waals surface area contributed by atoms with Gasteiger partial charge in [-0.25, -0.2) is 23.7 Å². The summed E-state index contributed by atoms with van der Waals surface area (Å²) in [5.41, 5.74) is 0.0122. The lowest BCUT2D eigenvalue weighted by Gasteiger charge is -2.33. The molecule has 1 aliphatic rings. The highest BCUT2D eigenvalue weighted by atomic mass is 32.1. The number of nitrogens with one attached hydrogen (secondary N) is 2. The number of thiophene rings is 1. The molecule has 0 aliphatic carbocycles. The maximum absolute atomic E-state index is 13.8. The highest BCUT2D eigenvalue weighted by Gasteiger charge is 2.37. The Labute approximate surface area is 176 Å². The molecular weight excluding hydrogens is 412 g/mol. The van der Waals surface area contributed by atoms with E-state index in [1.54, 1.807) is 0 Å². The first-order valence-corrected chi connectivity index (χ1v) is 10.6. The molecule has 3 aromatic heterocycles. The van der Waals surface area contributed by atoms with Crippen LogP contribution in [0.3, 0.4) is 0 Å². The number of anilines is 1. The Kier molecular flexibility index (Phi) is 7.03. The van der Waals surface area contributed by atoms with Gasteiger partial charge in [0.15, 0.2) is 17.3 Å². The fourth-order valence-electron chi connectivity index (χ4n) is 3.01. The summed E-state index contributed by atoms with van der Waals surface area (Å²) in [4.78, 5) is 27.4. The molecule has 8 nitrogen and oxygen atoms in total. The quantitative estimate of drug-likeness (QED) is 0.636. The summed E-state index contributed by atoms with van der Waals surface area (Å²) in [5, 5.41) is 11.5. The highest BCUT2D eigenvalue weighted by molar-refractivity contribution is 7.13. The number of halogens is 2. The normalized spacial score (nSPS) is 15.3. The molecule has 0 bridgehead atoms. The van der Waals surface area contributed by atoms with Crippen molar-refractivity contribution >= 4 is 23.1 Å². The van der Waals surface area contributed by atoms with Gasteiger partial charge in [0.1, 0.15) is 5.82 Å². The van der Waals surface area contributed by atoms with Gasteiger partial charge in [-0.3, -0.25) is 9.89 Å². The molecule has 0 aromatic carbocycles. The average Bonchev–Trinajstić information content (AvgIpc) is 3.44. The minimum atomic E-state index is -2.80. The van der Waals surface area contributed by atoms with Gasteiger partial charge in [0.2, 0.25) is 0 Å². The van der Waals surface area contributed by atoms with Crippen molar-refractivity contribution in [1.82, 2.24) is 30.5 Å². The molecule has 0 saturated carbocycles. The van der Waals surface area contributed by atoms with Gasteiger partial charge in [0.25, 0.3) is 11.8 Å². The van der Waals surface area contributed by atoms with Gasteiger partial charge in [0, 0.05) is 25.4 Å². The standard InChI is InChI=1S/C17H17F2N7OS.C2H6/c18-17(19)4-2-7-26(10-17)15-13(20-5-6-21-15)16(27)22-9-12-23-14(25-24-12)11-3-1-8-28-11;1-2/h1,3,5-6,8H,2,4,7,9-10H2,(H,22,27)(H,23,24,25);1-2H3. The second kappa shape index (κ2) is 9.70. The number of nitrogens with zero attached hydrogens (tertiary/aromatic N) is 5. The van der Waals surface area contributed by atoms with Crippen LogP contribution in [0, 0.1) is 0 Å². The first-order valence-electron chi connectivity index (χ1n) is 9.69. The number of amides is 1. The van der Waals surface area contributed by atoms with Crippen LogP contribution in [0.4, 0.5) is 14.6 Å². The van der Waals surface area contributed by atoms with Gasteiger partial charge in [-0.15, -0.1) is 11.3 Å². The average molecular weight is 436 g/mol. The summed E-state index contributed by atoms with van der Waals surface area (Å²) in [6.45, 7) is 4.03. The number of hydrogen-bond donors (Lipinski definition) is 2. The van der Waals surface area contributed by atoms with Crippen molar-refractivity contribution < 1.29 is 13.6 Å². The van der Waals surface area contributed by atoms with E-state index >= 15 is 0 Å². The van der Waals surface area contributed by atoms with Crippen molar-refractivity contribution in [3.8, 4) is 10.7 Å².